The van der Waals surface area contributed by atoms with E-state index in [2.05, 4.69) is 24.1 Å². The van der Waals surface area contributed by atoms with E-state index in [0.29, 0.717) is 23.9 Å². The lowest BCUT2D eigenvalue weighted by Gasteiger charge is -2.31. The van der Waals surface area contributed by atoms with Gasteiger partial charge >= 0.3 is 0 Å². The van der Waals surface area contributed by atoms with E-state index in [-0.39, 0.29) is 0 Å². The van der Waals surface area contributed by atoms with Gasteiger partial charge in [0.25, 0.3) is 0 Å². The van der Waals surface area contributed by atoms with Gasteiger partial charge in [0.15, 0.2) is 0 Å². The maximum absolute atomic E-state index is 12.7. The summed E-state index contributed by atoms with van der Waals surface area (Å²) in [6.07, 6.45) is 13.2. The molecule has 0 aromatic rings. The second kappa shape index (κ2) is 9.54. The van der Waals surface area contributed by atoms with Gasteiger partial charge in [0.2, 0.25) is 5.91 Å². The summed E-state index contributed by atoms with van der Waals surface area (Å²) in [6.45, 7) is 6.42. The normalized spacial score (nSPS) is 27.1. The number of nitrogens with one attached hydrogen (secondary N) is 1. The van der Waals surface area contributed by atoms with Crippen LogP contribution in [0.4, 0.5) is 0 Å². The number of hydrogen-bond acceptors (Lipinski definition) is 2. The standard InChI is InChI=1S/C19H36N2O/c1-3-5-7-11-21(12-8-6-4-2)19(22)15-16-13-17-9-10-18(14-16)20-17/h16-18,20H,3-15H2,1-2H3. The summed E-state index contributed by atoms with van der Waals surface area (Å²) in [5.74, 6) is 1.06. The molecule has 3 nitrogen and oxygen atoms in total. The average Bonchev–Trinajstić information content (AvgIpc) is 2.85. The number of nitrogens with zero attached hydrogens (tertiary/aromatic N) is 1. The number of carbonyl (C=O) groups excluding carboxylic acids is 1. The molecule has 2 aliphatic heterocycles. The molecule has 0 radical (unpaired) electrons. The Bertz CT molecular complexity index is 309. The van der Waals surface area contributed by atoms with Gasteiger partial charge in [-0.3, -0.25) is 4.79 Å². The SMILES string of the molecule is CCCCCN(CCCCC)C(=O)CC1CC2CCC(C1)N2. The van der Waals surface area contributed by atoms with Crippen LogP contribution in [-0.2, 0) is 4.79 Å². The summed E-state index contributed by atoms with van der Waals surface area (Å²) in [6, 6.07) is 1.40. The quantitative estimate of drug-likeness (QED) is 0.616. The minimum Gasteiger partial charge on any atom is -0.343 e. The molecule has 1 N–H and O–H groups in total. The van der Waals surface area contributed by atoms with E-state index in [0.717, 1.165) is 19.5 Å². The lowest BCUT2D eigenvalue weighted by molar-refractivity contribution is -0.132. The molecule has 1 amide bonds. The van der Waals surface area contributed by atoms with Gasteiger partial charge in [-0.1, -0.05) is 39.5 Å². The number of hydrogen-bond donors (Lipinski definition) is 1. The fraction of sp³-hybridized carbons (Fsp3) is 0.947. The third-order valence-corrected chi connectivity index (χ3v) is 5.45. The van der Waals surface area contributed by atoms with Gasteiger partial charge in [0.1, 0.15) is 0 Å². The van der Waals surface area contributed by atoms with Gasteiger partial charge < -0.3 is 10.2 Å². The molecule has 22 heavy (non-hydrogen) atoms. The third kappa shape index (κ3) is 5.57. The van der Waals surface area contributed by atoms with Crippen molar-refractivity contribution in [2.24, 2.45) is 5.92 Å². The first-order valence-electron chi connectivity index (χ1n) is 9.76. The molecular formula is C19H36N2O. The van der Waals surface area contributed by atoms with Crippen molar-refractivity contribution in [3.05, 3.63) is 0 Å². The van der Waals surface area contributed by atoms with Crippen LogP contribution in [0.2, 0.25) is 0 Å². The monoisotopic (exact) mass is 308 g/mol. The summed E-state index contributed by atoms with van der Waals surface area (Å²) in [5.41, 5.74) is 0. The van der Waals surface area contributed by atoms with Gasteiger partial charge in [-0.05, 0) is 44.4 Å². The van der Waals surface area contributed by atoms with Crippen molar-refractivity contribution in [2.45, 2.75) is 96.6 Å². The van der Waals surface area contributed by atoms with Gasteiger partial charge in [0, 0.05) is 31.6 Å². The van der Waals surface area contributed by atoms with Crippen molar-refractivity contribution in [3.63, 3.8) is 0 Å². The van der Waals surface area contributed by atoms with Crippen LogP contribution in [0.5, 0.6) is 0 Å². The highest BCUT2D eigenvalue weighted by Crippen LogP contribution is 2.33. The Balaban J connectivity index is 1.78. The Hall–Kier alpha value is -0.570. The Labute approximate surface area is 137 Å². The van der Waals surface area contributed by atoms with E-state index in [9.17, 15) is 4.79 Å². The molecule has 2 atom stereocenters. The first-order chi connectivity index (χ1) is 10.7. The smallest absolute Gasteiger partial charge is 0.222 e. The van der Waals surface area contributed by atoms with Crippen LogP contribution in [0, 0.1) is 5.92 Å². The summed E-state index contributed by atoms with van der Waals surface area (Å²) in [7, 11) is 0. The van der Waals surface area contributed by atoms with Crippen LogP contribution in [0.1, 0.15) is 84.5 Å². The number of carbonyl (C=O) groups is 1. The first-order valence-corrected chi connectivity index (χ1v) is 9.76. The van der Waals surface area contributed by atoms with Crippen molar-refractivity contribution in [1.29, 1.82) is 0 Å². The second-order valence-electron chi connectivity index (χ2n) is 7.47. The molecule has 2 rings (SSSR count). The van der Waals surface area contributed by atoms with Gasteiger partial charge in [-0.2, -0.15) is 0 Å². The van der Waals surface area contributed by atoms with E-state index in [1.807, 2.05) is 0 Å². The van der Waals surface area contributed by atoms with Crippen molar-refractivity contribution < 1.29 is 4.79 Å². The predicted octanol–water partition coefficient (Wildman–Crippen LogP) is 4.12. The average molecular weight is 309 g/mol. The minimum atomic E-state index is 0.429. The third-order valence-electron chi connectivity index (χ3n) is 5.45. The number of rotatable bonds is 10. The summed E-state index contributed by atoms with van der Waals surface area (Å²) in [5, 5.41) is 3.68. The predicted molar refractivity (Wildman–Crippen MR) is 92.9 cm³/mol. The van der Waals surface area contributed by atoms with Gasteiger partial charge in [0.05, 0.1) is 0 Å². The molecular weight excluding hydrogens is 272 g/mol. The molecule has 2 heterocycles. The first kappa shape index (κ1) is 17.8. The largest absolute Gasteiger partial charge is 0.343 e. The Morgan fingerprint density at radius 2 is 1.50 bits per heavy atom. The summed E-state index contributed by atoms with van der Waals surface area (Å²) in [4.78, 5) is 14.9. The zero-order chi connectivity index (χ0) is 15.8. The van der Waals surface area contributed by atoms with E-state index in [4.69, 9.17) is 0 Å². The molecule has 2 fully saturated rings. The van der Waals surface area contributed by atoms with Crippen LogP contribution in [0.15, 0.2) is 0 Å². The zero-order valence-corrected chi connectivity index (χ0v) is 14.8. The Morgan fingerprint density at radius 3 is 2.00 bits per heavy atom. The molecule has 0 spiro atoms. The highest BCUT2D eigenvalue weighted by Gasteiger charge is 2.34. The van der Waals surface area contributed by atoms with Crippen LogP contribution < -0.4 is 5.32 Å². The number of piperidine rings is 1. The number of unbranched alkanes of at least 4 members (excludes halogenated alkanes) is 4. The summed E-state index contributed by atoms with van der Waals surface area (Å²) < 4.78 is 0. The Morgan fingerprint density at radius 1 is 0.955 bits per heavy atom. The topological polar surface area (TPSA) is 32.3 Å². The molecule has 2 bridgehead atoms. The van der Waals surface area contributed by atoms with E-state index >= 15 is 0 Å². The van der Waals surface area contributed by atoms with E-state index in [1.54, 1.807) is 0 Å². The molecule has 2 unspecified atom stereocenters. The van der Waals surface area contributed by atoms with Gasteiger partial charge in [-0.15, -0.1) is 0 Å². The maximum Gasteiger partial charge on any atom is 0.222 e. The van der Waals surface area contributed by atoms with Crippen LogP contribution in [0.25, 0.3) is 0 Å². The van der Waals surface area contributed by atoms with Crippen molar-refractivity contribution in [2.75, 3.05) is 13.1 Å². The molecule has 2 aliphatic rings. The maximum atomic E-state index is 12.7. The molecule has 0 aliphatic carbocycles. The second-order valence-corrected chi connectivity index (χ2v) is 7.47. The Kier molecular flexibility index (Phi) is 7.71. The fourth-order valence-electron chi connectivity index (χ4n) is 4.18. The number of amides is 1. The van der Waals surface area contributed by atoms with Crippen molar-refractivity contribution in [3.8, 4) is 0 Å². The minimum absolute atomic E-state index is 0.429. The molecule has 128 valence electrons. The highest BCUT2D eigenvalue weighted by atomic mass is 16.2. The van der Waals surface area contributed by atoms with Crippen molar-refractivity contribution in [1.82, 2.24) is 10.2 Å². The molecule has 0 saturated carbocycles. The van der Waals surface area contributed by atoms with E-state index < -0.39 is 0 Å². The fourth-order valence-corrected chi connectivity index (χ4v) is 4.18. The van der Waals surface area contributed by atoms with E-state index in [1.165, 1.54) is 64.2 Å². The van der Waals surface area contributed by atoms with Crippen molar-refractivity contribution >= 4 is 5.91 Å². The zero-order valence-electron chi connectivity index (χ0n) is 14.8. The van der Waals surface area contributed by atoms with Gasteiger partial charge in [-0.25, -0.2) is 0 Å². The number of fused-ring (bicyclic) bond motifs is 2. The molecule has 0 aromatic heterocycles. The van der Waals surface area contributed by atoms with Crippen LogP contribution in [-0.4, -0.2) is 36.0 Å². The highest BCUT2D eigenvalue weighted by molar-refractivity contribution is 5.76. The molecule has 2 saturated heterocycles. The van der Waals surface area contributed by atoms with Crippen LogP contribution in [0.3, 0.4) is 0 Å². The molecule has 3 heteroatoms. The van der Waals surface area contributed by atoms with Crippen LogP contribution >= 0.6 is 0 Å². The lowest BCUT2D eigenvalue weighted by Crippen LogP contribution is -2.41. The molecule has 0 aromatic carbocycles. The lowest BCUT2D eigenvalue weighted by atomic mass is 9.89. The summed E-state index contributed by atoms with van der Waals surface area (Å²) >= 11 is 0.